The number of rotatable bonds is 11. The van der Waals surface area contributed by atoms with E-state index in [9.17, 15) is 0 Å². The summed E-state index contributed by atoms with van der Waals surface area (Å²) < 4.78 is 21.9. The molecule has 0 atom stereocenters. The quantitative estimate of drug-likeness (QED) is 0.269. The van der Waals surface area contributed by atoms with Crippen molar-refractivity contribution >= 4 is 0 Å². The zero-order valence-electron chi connectivity index (χ0n) is 20.2. The molecule has 0 aromatic heterocycles. The van der Waals surface area contributed by atoms with E-state index in [1.165, 1.54) is 44.5 Å². The van der Waals surface area contributed by atoms with Crippen LogP contribution in [0.5, 0.6) is 5.75 Å². The van der Waals surface area contributed by atoms with Gasteiger partial charge in [0.1, 0.15) is 12.4 Å². The number of benzene rings is 3. The van der Waals surface area contributed by atoms with Crippen LogP contribution in [0.3, 0.4) is 0 Å². The van der Waals surface area contributed by atoms with Crippen LogP contribution in [0.25, 0.3) is 22.3 Å². The molecule has 0 N–H and O–H groups in total. The van der Waals surface area contributed by atoms with Crippen LogP contribution in [0.2, 0.25) is 0 Å². The fourth-order valence-corrected chi connectivity index (χ4v) is 4.52. The van der Waals surface area contributed by atoms with Gasteiger partial charge in [-0.15, -0.1) is 0 Å². The maximum Gasteiger partial charge on any atom is 0.122 e. The second-order valence-corrected chi connectivity index (χ2v) is 8.73. The maximum atomic E-state index is 5.97. The van der Waals surface area contributed by atoms with E-state index in [0.717, 1.165) is 17.7 Å². The highest BCUT2D eigenvalue weighted by Crippen LogP contribution is 2.44. The fraction of sp³-hybridized carbons (Fsp3) is 0.379. The lowest BCUT2D eigenvalue weighted by Crippen LogP contribution is -2.12. The highest BCUT2D eigenvalue weighted by atomic mass is 16.6. The van der Waals surface area contributed by atoms with Crippen molar-refractivity contribution < 1.29 is 18.9 Å². The van der Waals surface area contributed by atoms with Crippen LogP contribution in [-0.4, -0.2) is 46.8 Å². The molecule has 0 radical (unpaired) electrons. The Bertz CT molecular complexity index is 1100. The van der Waals surface area contributed by atoms with E-state index < -0.39 is 0 Å². The van der Waals surface area contributed by atoms with E-state index in [4.69, 9.17) is 18.9 Å². The number of fused-ring (bicyclic) bond motifs is 3. The third-order valence-electron chi connectivity index (χ3n) is 6.05. The molecule has 0 amide bonds. The van der Waals surface area contributed by atoms with E-state index in [1.807, 2.05) is 0 Å². The Morgan fingerprint density at radius 1 is 0.667 bits per heavy atom. The smallest absolute Gasteiger partial charge is 0.122 e. The minimum Gasteiger partial charge on any atom is -0.491 e. The predicted octanol–water partition coefficient (Wildman–Crippen LogP) is 5.91. The Morgan fingerprint density at radius 2 is 1.39 bits per heavy atom. The Hall–Kier alpha value is -2.66. The maximum absolute atomic E-state index is 5.97. The molecule has 0 heterocycles. The Labute approximate surface area is 197 Å². The standard InChI is InChI=1S/C29H34O4/c1-20-5-7-26-24(15-20)19-25-16-21(2)17-27(29(25)26)23-6-8-28(22(3)18-23)33-14-13-32-12-11-31-10-9-30-4/h5-8,15-18H,9-14,19H2,1-4H3. The van der Waals surface area contributed by atoms with Crippen molar-refractivity contribution in [3.8, 4) is 28.0 Å². The summed E-state index contributed by atoms with van der Waals surface area (Å²) in [4.78, 5) is 0. The highest BCUT2D eigenvalue weighted by Gasteiger charge is 2.23. The summed E-state index contributed by atoms with van der Waals surface area (Å²) in [7, 11) is 1.67. The van der Waals surface area contributed by atoms with Gasteiger partial charge < -0.3 is 18.9 Å². The third kappa shape index (κ3) is 5.64. The Morgan fingerprint density at radius 3 is 2.15 bits per heavy atom. The molecule has 3 aromatic carbocycles. The molecule has 0 aliphatic heterocycles. The van der Waals surface area contributed by atoms with Crippen molar-refractivity contribution in [1.29, 1.82) is 0 Å². The molecule has 0 bridgehead atoms. The second kappa shape index (κ2) is 11.0. The molecule has 0 saturated carbocycles. The van der Waals surface area contributed by atoms with Crippen molar-refractivity contribution in [3.05, 3.63) is 76.3 Å². The van der Waals surface area contributed by atoms with Gasteiger partial charge in [-0.2, -0.15) is 0 Å². The van der Waals surface area contributed by atoms with E-state index in [0.29, 0.717) is 39.6 Å². The molecular weight excluding hydrogens is 412 g/mol. The zero-order valence-corrected chi connectivity index (χ0v) is 20.2. The lowest BCUT2D eigenvalue weighted by Gasteiger charge is -2.15. The van der Waals surface area contributed by atoms with Gasteiger partial charge in [0.05, 0.1) is 33.0 Å². The van der Waals surface area contributed by atoms with E-state index >= 15 is 0 Å². The van der Waals surface area contributed by atoms with Gasteiger partial charge in [-0.05, 0) is 78.3 Å². The number of hydrogen-bond acceptors (Lipinski definition) is 4. The normalized spacial score (nSPS) is 12.0. The minimum absolute atomic E-state index is 0.519. The average Bonchev–Trinajstić information content (AvgIpc) is 3.15. The number of hydrogen-bond donors (Lipinski definition) is 0. The van der Waals surface area contributed by atoms with Crippen LogP contribution in [0.15, 0.2) is 48.5 Å². The molecule has 4 heteroatoms. The highest BCUT2D eigenvalue weighted by molar-refractivity contribution is 5.91. The van der Waals surface area contributed by atoms with Gasteiger partial charge in [0.25, 0.3) is 0 Å². The van der Waals surface area contributed by atoms with Gasteiger partial charge in [0.15, 0.2) is 0 Å². The molecule has 0 fully saturated rings. The Balaban J connectivity index is 1.42. The van der Waals surface area contributed by atoms with E-state index in [1.54, 1.807) is 7.11 Å². The van der Waals surface area contributed by atoms with Gasteiger partial charge in [-0.25, -0.2) is 0 Å². The summed E-state index contributed by atoms with van der Waals surface area (Å²) in [6.45, 7) is 9.85. The fourth-order valence-electron chi connectivity index (χ4n) is 4.52. The first-order chi connectivity index (χ1) is 16.1. The van der Waals surface area contributed by atoms with Crippen molar-refractivity contribution in [2.45, 2.75) is 27.2 Å². The van der Waals surface area contributed by atoms with Crippen LogP contribution >= 0.6 is 0 Å². The van der Waals surface area contributed by atoms with Crippen molar-refractivity contribution in [3.63, 3.8) is 0 Å². The number of ether oxygens (including phenoxy) is 4. The molecule has 33 heavy (non-hydrogen) atoms. The lowest BCUT2D eigenvalue weighted by atomic mass is 9.91. The minimum atomic E-state index is 0.519. The first kappa shape index (κ1) is 23.5. The topological polar surface area (TPSA) is 36.9 Å². The van der Waals surface area contributed by atoms with Gasteiger partial charge in [0, 0.05) is 7.11 Å². The zero-order chi connectivity index (χ0) is 23.2. The summed E-state index contributed by atoms with van der Waals surface area (Å²) in [5.41, 5.74) is 11.9. The molecule has 3 aromatic rings. The second-order valence-electron chi connectivity index (χ2n) is 8.73. The van der Waals surface area contributed by atoms with E-state index in [-0.39, 0.29) is 0 Å². The van der Waals surface area contributed by atoms with Crippen molar-refractivity contribution in [2.24, 2.45) is 0 Å². The summed E-state index contributed by atoms with van der Waals surface area (Å²) in [6.07, 6.45) is 1.01. The van der Waals surface area contributed by atoms with Crippen LogP contribution in [0.1, 0.15) is 27.8 Å². The molecule has 0 spiro atoms. The summed E-state index contributed by atoms with van der Waals surface area (Å²) in [6, 6.07) is 18.0. The van der Waals surface area contributed by atoms with Gasteiger partial charge in [0.2, 0.25) is 0 Å². The SMILES string of the molecule is COCCOCCOCCOc1ccc(-c2cc(C)cc3c2-c2ccc(C)cc2C3)cc1C. The summed E-state index contributed by atoms with van der Waals surface area (Å²) in [5, 5.41) is 0. The van der Waals surface area contributed by atoms with Gasteiger partial charge >= 0.3 is 0 Å². The largest absolute Gasteiger partial charge is 0.491 e. The van der Waals surface area contributed by atoms with Gasteiger partial charge in [-0.1, -0.05) is 47.5 Å². The van der Waals surface area contributed by atoms with Crippen LogP contribution in [0.4, 0.5) is 0 Å². The number of methoxy groups -OCH3 is 1. The first-order valence-corrected chi connectivity index (χ1v) is 11.7. The molecule has 1 aliphatic rings. The molecular formula is C29H34O4. The third-order valence-corrected chi connectivity index (χ3v) is 6.05. The monoisotopic (exact) mass is 446 g/mol. The first-order valence-electron chi connectivity index (χ1n) is 11.7. The molecule has 174 valence electrons. The average molecular weight is 447 g/mol. The Kier molecular flexibility index (Phi) is 7.81. The summed E-state index contributed by atoms with van der Waals surface area (Å²) in [5.74, 6) is 0.902. The summed E-state index contributed by atoms with van der Waals surface area (Å²) >= 11 is 0. The van der Waals surface area contributed by atoms with Crippen molar-refractivity contribution in [2.75, 3.05) is 46.8 Å². The molecule has 4 rings (SSSR count). The molecule has 0 unspecified atom stereocenters. The van der Waals surface area contributed by atoms with Crippen LogP contribution in [0, 0.1) is 20.8 Å². The van der Waals surface area contributed by atoms with E-state index in [2.05, 4.69) is 69.3 Å². The molecule has 4 nitrogen and oxygen atoms in total. The van der Waals surface area contributed by atoms with Crippen molar-refractivity contribution in [1.82, 2.24) is 0 Å². The number of aryl methyl sites for hydroxylation is 3. The van der Waals surface area contributed by atoms with Crippen LogP contribution < -0.4 is 4.74 Å². The van der Waals surface area contributed by atoms with Gasteiger partial charge in [-0.3, -0.25) is 0 Å². The molecule has 0 saturated heterocycles. The molecule has 1 aliphatic carbocycles. The van der Waals surface area contributed by atoms with Crippen LogP contribution in [-0.2, 0) is 20.6 Å². The lowest BCUT2D eigenvalue weighted by molar-refractivity contribution is 0.0179. The predicted molar refractivity (Wildman–Crippen MR) is 133 cm³/mol.